The second-order valence-electron chi connectivity index (χ2n) is 5.64. The van der Waals surface area contributed by atoms with Gasteiger partial charge in [-0.25, -0.2) is 0 Å². The van der Waals surface area contributed by atoms with Gasteiger partial charge in [0.05, 0.1) is 10.5 Å². The number of nitrogens with one attached hydrogen (secondary N) is 1. The Balaban J connectivity index is 1.95. The van der Waals surface area contributed by atoms with Crippen LogP contribution in [0.4, 0.5) is 5.69 Å². The number of nitrogens with zero attached hydrogens (tertiary/aromatic N) is 1. The minimum absolute atomic E-state index is 0.136. The number of aliphatic hydroxyl groups is 3. The van der Waals surface area contributed by atoms with Gasteiger partial charge in [0.25, 0.3) is 5.69 Å². The minimum atomic E-state index is -1.49. The molecule has 1 amide bonds. The van der Waals surface area contributed by atoms with Crippen LogP contribution in [0.25, 0.3) is 6.08 Å². The second-order valence-corrected chi connectivity index (χ2v) is 5.64. The van der Waals surface area contributed by atoms with Gasteiger partial charge in [-0.1, -0.05) is 12.1 Å². The number of nitro benzene ring substituents is 1. The lowest BCUT2D eigenvalue weighted by atomic mass is 9.99. The Morgan fingerprint density at radius 3 is 2.65 bits per heavy atom. The third-order valence-corrected chi connectivity index (χ3v) is 3.93. The van der Waals surface area contributed by atoms with Crippen LogP contribution in [-0.2, 0) is 14.3 Å². The van der Waals surface area contributed by atoms with Gasteiger partial charge in [-0.15, -0.1) is 0 Å². The predicted octanol–water partition coefficient (Wildman–Crippen LogP) is -0.822. The maximum Gasteiger partial charge on any atom is 0.276 e. The number of hydrogen-bond acceptors (Lipinski definition) is 8. The quantitative estimate of drug-likeness (QED) is 0.289. The monoisotopic (exact) mass is 368 g/mol. The molecule has 1 heterocycles. The first-order valence-electron chi connectivity index (χ1n) is 7.77. The number of methoxy groups -OCH3 is 1. The molecule has 1 fully saturated rings. The molecule has 1 saturated heterocycles. The molecule has 142 valence electrons. The highest BCUT2D eigenvalue weighted by atomic mass is 16.7. The van der Waals surface area contributed by atoms with Crippen molar-refractivity contribution in [1.29, 1.82) is 0 Å². The van der Waals surface area contributed by atoms with Gasteiger partial charge in [0.1, 0.15) is 24.4 Å². The Labute approximate surface area is 148 Å². The van der Waals surface area contributed by atoms with Crippen LogP contribution in [0, 0.1) is 10.1 Å². The molecule has 5 atom stereocenters. The van der Waals surface area contributed by atoms with E-state index in [1.807, 2.05) is 0 Å². The zero-order chi connectivity index (χ0) is 19.3. The molecule has 0 bridgehead atoms. The molecule has 0 aromatic heterocycles. The minimum Gasteiger partial charge on any atom is -0.388 e. The van der Waals surface area contributed by atoms with Crippen LogP contribution in [0.15, 0.2) is 30.3 Å². The highest BCUT2D eigenvalue weighted by Gasteiger charge is 2.43. The molecule has 2 rings (SSSR count). The fraction of sp³-hybridized carbons (Fsp3) is 0.438. The summed E-state index contributed by atoms with van der Waals surface area (Å²) < 4.78 is 10.2. The topological polar surface area (TPSA) is 151 Å². The maximum absolute atomic E-state index is 11.9. The van der Waals surface area contributed by atoms with E-state index in [1.165, 1.54) is 31.4 Å². The Bertz CT molecular complexity index is 678. The average Bonchev–Trinajstić information content (AvgIpc) is 2.64. The summed E-state index contributed by atoms with van der Waals surface area (Å²) in [5.74, 6) is -0.575. The first kappa shape index (κ1) is 19.9. The summed E-state index contributed by atoms with van der Waals surface area (Å²) >= 11 is 0. The molecule has 1 aliphatic rings. The summed E-state index contributed by atoms with van der Waals surface area (Å²) in [4.78, 5) is 22.3. The van der Waals surface area contributed by atoms with Gasteiger partial charge in [0.15, 0.2) is 6.29 Å². The Morgan fingerprint density at radius 1 is 1.31 bits per heavy atom. The van der Waals surface area contributed by atoms with Crippen molar-refractivity contribution < 1.29 is 34.5 Å². The van der Waals surface area contributed by atoms with Gasteiger partial charge in [-0.05, 0) is 12.1 Å². The first-order chi connectivity index (χ1) is 12.3. The Hall–Kier alpha value is -2.37. The summed E-state index contributed by atoms with van der Waals surface area (Å²) in [5.41, 5.74) is 0.127. The number of aliphatic hydroxyl groups excluding tert-OH is 3. The lowest BCUT2D eigenvalue weighted by molar-refractivity contribution is -0.385. The smallest absolute Gasteiger partial charge is 0.276 e. The van der Waals surface area contributed by atoms with Gasteiger partial charge in [-0.2, -0.15) is 0 Å². The Morgan fingerprint density at radius 2 is 2.00 bits per heavy atom. The lowest BCUT2D eigenvalue weighted by Gasteiger charge is -2.39. The number of nitro groups is 1. The highest BCUT2D eigenvalue weighted by molar-refractivity contribution is 5.92. The molecule has 1 aromatic rings. The zero-order valence-corrected chi connectivity index (χ0v) is 13.9. The van der Waals surface area contributed by atoms with Crippen LogP contribution >= 0.6 is 0 Å². The van der Waals surface area contributed by atoms with Crippen molar-refractivity contribution in [2.75, 3.05) is 13.7 Å². The van der Waals surface area contributed by atoms with Gasteiger partial charge < -0.3 is 30.1 Å². The van der Waals surface area contributed by atoms with Crippen LogP contribution < -0.4 is 5.32 Å². The molecule has 0 unspecified atom stereocenters. The predicted molar refractivity (Wildman–Crippen MR) is 88.8 cm³/mol. The van der Waals surface area contributed by atoms with E-state index in [0.717, 1.165) is 6.08 Å². The molecule has 10 heteroatoms. The van der Waals surface area contributed by atoms with E-state index in [0.29, 0.717) is 0 Å². The van der Waals surface area contributed by atoms with Crippen LogP contribution in [0.5, 0.6) is 0 Å². The molecule has 0 radical (unpaired) electrons. The number of carbonyl (C=O) groups is 1. The molecular formula is C16H20N2O8. The number of carbonyl (C=O) groups excluding carboxylic acids is 1. The van der Waals surface area contributed by atoms with E-state index < -0.39 is 41.5 Å². The van der Waals surface area contributed by atoms with E-state index >= 15 is 0 Å². The summed E-state index contributed by atoms with van der Waals surface area (Å²) in [6.07, 6.45) is -4.06. The van der Waals surface area contributed by atoms with Crippen LogP contribution in [0.1, 0.15) is 5.56 Å². The third kappa shape index (κ3) is 4.62. The molecule has 4 N–H and O–H groups in total. The van der Waals surface area contributed by atoms with E-state index in [2.05, 4.69) is 5.32 Å². The normalized spacial score (nSPS) is 28.8. The van der Waals surface area contributed by atoms with Crippen molar-refractivity contribution in [2.24, 2.45) is 0 Å². The summed E-state index contributed by atoms with van der Waals surface area (Å²) in [6.45, 7) is -0.162. The number of benzene rings is 1. The van der Waals surface area contributed by atoms with E-state index in [9.17, 15) is 30.2 Å². The summed E-state index contributed by atoms with van der Waals surface area (Å²) in [7, 11) is 1.27. The molecule has 26 heavy (non-hydrogen) atoms. The molecule has 10 nitrogen and oxygen atoms in total. The van der Waals surface area contributed by atoms with Gasteiger partial charge in [-0.3, -0.25) is 14.9 Å². The van der Waals surface area contributed by atoms with E-state index in [-0.39, 0.29) is 17.8 Å². The van der Waals surface area contributed by atoms with E-state index in [4.69, 9.17) is 9.47 Å². The van der Waals surface area contributed by atoms with Gasteiger partial charge in [0, 0.05) is 25.8 Å². The zero-order valence-electron chi connectivity index (χ0n) is 13.9. The van der Waals surface area contributed by atoms with Crippen molar-refractivity contribution in [1.82, 2.24) is 5.32 Å². The van der Waals surface area contributed by atoms with Crippen LogP contribution in [-0.4, -0.2) is 70.5 Å². The van der Waals surface area contributed by atoms with Crippen LogP contribution in [0.2, 0.25) is 0 Å². The number of hydrogen-bond donors (Lipinski definition) is 4. The van der Waals surface area contributed by atoms with Gasteiger partial charge >= 0.3 is 0 Å². The first-order valence-corrected chi connectivity index (χ1v) is 7.77. The SMILES string of the molecule is CO[C@H]1O[C@H](CNC(=O)C=Cc2ccccc2[N+](=O)[O-])[C@@H](O)[C@H](O)[C@@H]1O. The van der Waals surface area contributed by atoms with Gasteiger partial charge in [0.2, 0.25) is 5.91 Å². The molecule has 0 spiro atoms. The fourth-order valence-electron chi connectivity index (χ4n) is 2.50. The Kier molecular flexibility index (Phi) is 6.77. The largest absolute Gasteiger partial charge is 0.388 e. The van der Waals surface area contributed by atoms with E-state index in [1.54, 1.807) is 6.07 Å². The van der Waals surface area contributed by atoms with Crippen molar-refractivity contribution in [3.8, 4) is 0 Å². The average molecular weight is 368 g/mol. The van der Waals surface area contributed by atoms with Crippen molar-refractivity contribution in [3.63, 3.8) is 0 Å². The number of ether oxygens (including phenoxy) is 2. The second kappa shape index (κ2) is 8.83. The lowest BCUT2D eigenvalue weighted by Crippen LogP contribution is -2.60. The van der Waals surface area contributed by atoms with Crippen molar-refractivity contribution in [2.45, 2.75) is 30.7 Å². The highest BCUT2D eigenvalue weighted by Crippen LogP contribution is 2.21. The number of para-hydroxylation sites is 1. The maximum atomic E-state index is 11.9. The fourth-order valence-corrected chi connectivity index (χ4v) is 2.50. The number of amides is 1. The molecule has 0 aliphatic carbocycles. The standard InChI is InChI=1S/C16H20N2O8/c1-25-16-15(22)14(21)13(20)11(26-16)8-17-12(19)7-6-9-4-2-3-5-10(9)18(23)24/h2-7,11,13-16,20-22H,8H2,1H3,(H,17,19)/t11-,13-,14+,15+,16+/m1/s1. The third-order valence-electron chi connectivity index (χ3n) is 3.93. The summed E-state index contributed by atoms with van der Waals surface area (Å²) in [6, 6.07) is 5.94. The molecule has 1 aliphatic heterocycles. The summed E-state index contributed by atoms with van der Waals surface area (Å²) in [5, 5.41) is 42.7. The molecule has 0 saturated carbocycles. The molecular weight excluding hydrogens is 348 g/mol. The van der Waals surface area contributed by atoms with Crippen molar-refractivity contribution >= 4 is 17.7 Å². The van der Waals surface area contributed by atoms with Crippen molar-refractivity contribution in [3.05, 3.63) is 46.0 Å². The number of rotatable bonds is 6. The molecule has 1 aromatic carbocycles. The van der Waals surface area contributed by atoms with Crippen LogP contribution in [0.3, 0.4) is 0 Å².